The van der Waals surface area contributed by atoms with Gasteiger partial charge in [0.25, 0.3) is 0 Å². The van der Waals surface area contributed by atoms with Gasteiger partial charge in [0.15, 0.2) is 0 Å². The van der Waals surface area contributed by atoms with Crippen LogP contribution in [0.25, 0.3) is 0 Å². The average Bonchev–Trinajstić information content (AvgIpc) is 3.16. The third kappa shape index (κ3) is 4.24. The van der Waals surface area contributed by atoms with Crippen LogP contribution in [0.1, 0.15) is 51.0 Å². The van der Waals surface area contributed by atoms with E-state index in [0.717, 1.165) is 29.6 Å². The van der Waals surface area contributed by atoms with Gasteiger partial charge in [0.05, 0.1) is 6.61 Å². The summed E-state index contributed by atoms with van der Waals surface area (Å²) in [5, 5.41) is 3.93. The number of carbonyl (C=O) groups is 1. The van der Waals surface area contributed by atoms with Crippen molar-refractivity contribution in [3.05, 3.63) is 28.8 Å². The molecule has 1 amide bonds. The number of carbonyl (C=O) groups excluding carboxylic acids is 1. The summed E-state index contributed by atoms with van der Waals surface area (Å²) in [6.07, 6.45) is 6.73. The van der Waals surface area contributed by atoms with Gasteiger partial charge in [-0.3, -0.25) is 4.79 Å². The molecule has 1 N–H and O–H groups in total. The highest BCUT2D eigenvalue weighted by atomic mass is 35.5. The first kappa shape index (κ1) is 17.6. The molecule has 4 heteroatoms. The lowest BCUT2D eigenvalue weighted by atomic mass is 9.84. The van der Waals surface area contributed by atoms with Gasteiger partial charge in [-0.15, -0.1) is 0 Å². The Labute approximate surface area is 150 Å². The fourth-order valence-corrected chi connectivity index (χ4v) is 4.76. The van der Waals surface area contributed by atoms with E-state index < -0.39 is 0 Å². The zero-order chi connectivity index (χ0) is 17.1. The predicted octanol–water partition coefficient (Wildman–Crippen LogP) is 4.75. The number of rotatable bonds is 7. The Balaban J connectivity index is 1.35. The highest BCUT2D eigenvalue weighted by Gasteiger charge is 2.41. The molecular formula is C20H28ClNO2. The second-order valence-electron chi connectivity index (χ2n) is 7.56. The van der Waals surface area contributed by atoms with E-state index in [4.69, 9.17) is 16.3 Å². The van der Waals surface area contributed by atoms with Crippen LogP contribution in [0.2, 0.25) is 5.02 Å². The SMILES string of the molecule is Cc1cc(Cl)ccc1OCCCC(=O)N[C@H](C)[C@H]1C[C@H]2CC[C@H]1C2. The highest BCUT2D eigenvalue weighted by molar-refractivity contribution is 6.30. The number of amides is 1. The van der Waals surface area contributed by atoms with Gasteiger partial charge in [-0.05, 0) is 81.0 Å². The first-order chi connectivity index (χ1) is 11.5. The molecule has 0 unspecified atom stereocenters. The Morgan fingerprint density at radius 1 is 1.38 bits per heavy atom. The maximum atomic E-state index is 12.2. The minimum Gasteiger partial charge on any atom is -0.493 e. The zero-order valence-electron chi connectivity index (χ0n) is 14.7. The molecule has 0 radical (unpaired) electrons. The molecule has 0 saturated heterocycles. The number of ether oxygens (including phenoxy) is 1. The van der Waals surface area contributed by atoms with E-state index in [2.05, 4.69) is 12.2 Å². The fourth-order valence-electron chi connectivity index (χ4n) is 4.53. The van der Waals surface area contributed by atoms with Crippen molar-refractivity contribution in [2.75, 3.05) is 6.61 Å². The van der Waals surface area contributed by atoms with Crippen LogP contribution in [-0.2, 0) is 4.79 Å². The van der Waals surface area contributed by atoms with Crippen LogP contribution in [0.5, 0.6) is 5.75 Å². The molecule has 3 rings (SSSR count). The van der Waals surface area contributed by atoms with E-state index in [1.807, 2.05) is 25.1 Å². The maximum Gasteiger partial charge on any atom is 0.220 e. The zero-order valence-corrected chi connectivity index (χ0v) is 15.4. The molecule has 2 bridgehead atoms. The fraction of sp³-hybridized carbons (Fsp3) is 0.650. The summed E-state index contributed by atoms with van der Waals surface area (Å²) in [7, 11) is 0. The Bertz CT molecular complexity index is 589. The number of benzene rings is 1. The van der Waals surface area contributed by atoms with Gasteiger partial charge in [-0.2, -0.15) is 0 Å². The van der Waals surface area contributed by atoms with Gasteiger partial charge in [0.2, 0.25) is 5.91 Å². The van der Waals surface area contributed by atoms with Crippen LogP contribution in [0.3, 0.4) is 0 Å². The molecule has 0 aromatic heterocycles. The molecule has 2 aliphatic rings. The van der Waals surface area contributed by atoms with Crippen molar-refractivity contribution in [3.8, 4) is 5.75 Å². The number of fused-ring (bicyclic) bond motifs is 2. The van der Waals surface area contributed by atoms with E-state index in [1.54, 1.807) is 0 Å². The molecule has 2 aliphatic carbocycles. The minimum atomic E-state index is 0.154. The van der Waals surface area contributed by atoms with E-state index >= 15 is 0 Å². The first-order valence-electron chi connectivity index (χ1n) is 9.21. The van der Waals surface area contributed by atoms with Gasteiger partial charge in [0, 0.05) is 17.5 Å². The summed E-state index contributed by atoms with van der Waals surface area (Å²) in [4.78, 5) is 12.2. The second kappa shape index (κ2) is 7.77. The lowest BCUT2D eigenvalue weighted by molar-refractivity contribution is -0.122. The third-order valence-corrected chi connectivity index (χ3v) is 6.00. The Morgan fingerprint density at radius 3 is 2.88 bits per heavy atom. The number of hydrogen-bond acceptors (Lipinski definition) is 2. The summed E-state index contributed by atoms with van der Waals surface area (Å²) < 4.78 is 5.75. The van der Waals surface area contributed by atoms with Crippen molar-refractivity contribution in [2.24, 2.45) is 17.8 Å². The van der Waals surface area contributed by atoms with E-state index in [0.29, 0.717) is 30.0 Å². The van der Waals surface area contributed by atoms with Crippen LogP contribution in [-0.4, -0.2) is 18.6 Å². The smallest absolute Gasteiger partial charge is 0.220 e. The quantitative estimate of drug-likeness (QED) is 0.721. The van der Waals surface area contributed by atoms with E-state index in [9.17, 15) is 4.79 Å². The van der Waals surface area contributed by atoms with Gasteiger partial charge < -0.3 is 10.1 Å². The largest absolute Gasteiger partial charge is 0.493 e. The summed E-state index contributed by atoms with van der Waals surface area (Å²) >= 11 is 5.94. The monoisotopic (exact) mass is 349 g/mol. The average molecular weight is 350 g/mol. The maximum absolute atomic E-state index is 12.2. The van der Waals surface area contributed by atoms with Crippen molar-refractivity contribution >= 4 is 17.5 Å². The van der Waals surface area contributed by atoms with Crippen LogP contribution in [0, 0.1) is 24.7 Å². The number of halogens is 1. The molecule has 0 aliphatic heterocycles. The first-order valence-corrected chi connectivity index (χ1v) is 9.59. The summed E-state index contributed by atoms with van der Waals surface area (Å²) in [6.45, 7) is 4.71. The van der Waals surface area contributed by atoms with Crippen molar-refractivity contribution < 1.29 is 9.53 Å². The lowest BCUT2D eigenvalue weighted by Gasteiger charge is -2.28. The Hall–Kier alpha value is -1.22. The van der Waals surface area contributed by atoms with Crippen LogP contribution >= 0.6 is 11.6 Å². The molecule has 3 nitrogen and oxygen atoms in total. The molecule has 132 valence electrons. The molecule has 0 spiro atoms. The molecule has 0 heterocycles. The van der Waals surface area contributed by atoms with Crippen LogP contribution < -0.4 is 10.1 Å². The molecule has 2 saturated carbocycles. The molecule has 1 aromatic carbocycles. The van der Waals surface area contributed by atoms with Gasteiger partial charge in [-0.25, -0.2) is 0 Å². The van der Waals surface area contributed by atoms with Crippen molar-refractivity contribution in [2.45, 2.75) is 58.4 Å². The normalized spacial score (nSPS) is 26.4. The standard InChI is InChI=1S/C20H28ClNO2/c1-13-10-17(21)7-8-19(13)24-9-3-4-20(23)22-14(2)18-12-15-5-6-16(18)11-15/h7-8,10,14-16,18H,3-6,9,11-12H2,1-2H3,(H,22,23)/t14-,15+,16+,18-/m1/s1. The van der Waals surface area contributed by atoms with Crippen molar-refractivity contribution in [3.63, 3.8) is 0 Å². The molecule has 4 atom stereocenters. The molecule has 1 aromatic rings. The summed E-state index contributed by atoms with van der Waals surface area (Å²) in [5.41, 5.74) is 1.02. The number of aryl methyl sites for hydroxylation is 1. The lowest BCUT2D eigenvalue weighted by Crippen LogP contribution is -2.40. The van der Waals surface area contributed by atoms with Gasteiger partial charge in [-0.1, -0.05) is 18.0 Å². The predicted molar refractivity (Wildman–Crippen MR) is 97.5 cm³/mol. The van der Waals surface area contributed by atoms with E-state index in [-0.39, 0.29) is 5.91 Å². The second-order valence-corrected chi connectivity index (χ2v) is 7.99. The van der Waals surface area contributed by atoms with Gasteiger partial charge in [0.1, 0.15) is 5.75 Å². The van der Waals surface area contributed by atoms with Crippen LogP contribution in [0.15, 0.2) is 18.2 Å². The minimum absolute atomic E-state index is 0.154. The third-order valence-electron chi connectivity index (χ3n) is 5.77. The van der Waals surface area contributed by atoms with Gasteiger partial charge >= 0.3 is 0 Å². The van der Waals surface area contributed by atoms with Crippen LogP contribution in [0.4, 0.5) is 0 Å². The topological polar surface area (TPSA) is 38.3 Å². The number of hydrogen-bond donors (Lipinski definition) is 1. The van der Waals surface area contributed by atoms with E-state index in [1.165, 1.54) is 25.7 Å². The van der Waals surface area contributed by atoms with Crippen molar-refractivity contribution in [1.29, 1.82) is 0 Å². The molecule has 24 heavy (non-hydrogen) atoms. The highest BCUT2D eigenvalue weighted by Crippen LogP contribution is 2.49. The summed E-state index contributed by atoms with van der Waals surface area (Å²) in [5.74, 6) is 3.47. The Morgan fingerprint density at radius 2 is 2.21 bits per heavy atom. The number of nitrogens with one attached hydrogen (secondary N) is 1. The van der Waals surface area contributed by atoms with Crippen molar-refractivity contribution in [1.82, 2.24) is 5.32 Å². The Kier molecular flexibility index (Phi) is 5.70. The molecular weight excluding hydrogens is 322 g/mol. The molecule has 2 fully saturated rings. The summed E-state index contributed by atoms with van der Waals surface area (Å²) in [6, 6.07) is 5.91.